The Morgan fingerprint density at radius 1 is 1.16 bits per heavy atom. The zero-order valence-electron chi connectivity index (χ0n) is 17.4. The third-order valence-corrected chi connectivity index (χ3v) is 6.10. The molecule has 1 N–H and O–H groups in total. The fourth-order valence-corrected chi connectivity index (χ4v) is 4.17. The van der Waals surface area contributed by atoms with Crippen LogP contribution >= 0.6 is 34.5 Å². The Morgan fingerprint density at radius 3 is 2.44 bits per heavy atom. The fourth-order valence-electron chi connectivity index (χ4n) is 2.83. The molecule has 162 valence electrons. The van der Waals surface area contributed by atoms with Crippen molar-refractivity contribution in [3.63, 3.8) is 0 Å². The molecule has 0 atom stereocenters. The van der Waals surface area contributed by atoms with E-state index in [1.807, 2.05) is 38.1 Å². The zero-order chi connectivity index (χ0) is 23.4. The molecule has 0 aliphatic rings. The first-order valence-corrected chi connectivity index (χ1v) is 11.1. The highest BCUT2D eigenvalue weighted by Gasteiger charge is 2.19. The minimum Gasteiger partial charge on any atom is -0.319 e. The van der Waals surface area contributed by atoms with Crippen LogP contribution in [-0.4, -0.2) is 16.8 Å². The van der Waals surface area contributed by atoms with Gasteiger partial charge in [-0.3, -0.25) is 14.5 Å². The maximum absolute atomic E-state index is 12.6. The number of nitriles is 1. The quantitative estimate of drug-likeness (QED) is 0.340. The van der Waals surface area contributed by atoms with Crippen LogP contribution in [0.1, 0.15) is 23.7 Å². The third-order valence-electron chi connectivity index (χ3n) is 4.62. The van der Waals surface area contributed by atoms with E-state index in [1.165, 1.54) is 29.2 Å². The van der Waals surface area contributed by atoms with Gasteiger partial charge in [-0.25, -0.2) is 4.98 Å². The lowest BCUT2D eigenvalue weighted by Crippen LogP contribution is -2.22. The smallest absolute Gasteiger partial charge is 0.266 e. The van der Waals surface area contributed by atoms with Crippen molar-refractivity contribution < 1.29 is 9.59 Å². The van der Waals surface area contributed by atoms with Gasteiger partial charge in [0.1, 0.15) is 11.6 Å². The number of anilines is 3. The Morgan fingerprint density at radius 2 is 1.84 bits per heavy atom. The summed E-state index contributed by atoms with van der Waals surface area (Å²) in [5.74, 6) is -0.876. The van der Waals surface area contributed by atoms with Crippen molar-refractivity contribution in [2.75, 3.05) is 10.2 Å². The maximum atomic E-state index is 12.6. The molecule has 2 amide bonds. The first kappa shape index (κ1) is 23.5. The van der Waals surface area contributed by atoms with Crippen LogP contribution in [-0.2, 0) is 9.59 Å². The lowest BCUT2D eigenvalue weighted by atomic mass is 10.1. The highest BCUT2D eigenvalue weighted by Crippen LogP contribution is 2.32. The van der Waals surface area contributed by atoms with Gasteiger partial charge >= 0.3 is 0 Å². The molecule has 6 nitrogen and oxygen atoms in total. The number of carbonyl (C=O) groups excluding carboxylic acids is 2. The average molecular weight is 485 g/mol. The van der Waals surface area contributed by atoms with Crippen molar-refractivity contribution in [1.29, 1.82) is 5.26 Å². The van der Waals surface area contributed by atoms with Crippen LogP contribution < -0.4 is 10.2 Å². The monoisotopic (exact) mass is 484 g/mol. The Labute approximate surface area is 199 Å². The SMILES string of the molecule is CC(=O)N(c1ccc(C)c(C)c1)c1nc(/C=C(\C#N)C(=O)Nc2c(Cl)cccc2Cl)cs1. The maximum Gasteiger partial charge on any atom is 0.266 e. The van der Waals surface area contributed by atoms with Crippen molar-refractivity contribution in [1.82, 2.24) is 4.98 Å². The summed E-state index contributed by atoms with van der Waals surface area (Å²) < 4.78 is 0. The molecular formula is C23H18Cl2N4O2S. The molecule has 0 aliphatic carbocycles. The van der Waals surface area contributed by atoms with E-state index in [0.29, 0.717) is 16.5 Å². The highest BCUT2D eigenvalue weighted by atomic mass is 35.5. The normalized spacial score (nSPS) is 11.1. The molecule has 0 fully saturated rings. The summed E-state index contributed by atoms with van der Waals surface area (Å²) in [5.41, 5.74) is 3.27. The number of aromatic nitrogens is 1. The second-order valence-electron chi connectivity index (χ2n) is 6.90. The number of nitrogens with one attached hydrogen (secondary N) is 1. The molecule has 9 heteroatoms. The van der Waals surface area contributed by atoms with E-state index in [-0.39, 0.29) is 27.2 Å². The summed E-state index contributed by atoms with van der Waals surface area (Å²) in [6.45, 7) is 5.41. The van der Waals surface area contributed by atoms with Crippen LogP contribution in [0.4, 0.5) is 16.5 Å². The van der Waals surface area contributed by atoms with Crippen LogP contribution in [0.25, 0.3) is 6.08 Å². The number of hydrogen-bond acceptors (Lipinski definition) is 5. The summed E-state index contributed by atoms with van der Waals surface area (Å²) >= 11 is 13.4. The molecule has 1 aromatic heterocycles. The van der Waals surface area contributed by atoms with E-state index in [4.69, 9.17) is 23.2 Å². The lowest BCUT2D eigenvalue weighted by molar-refractivity contribution is -0.116. The van der Waals surface area contributed by atoms with Crippen molar-refractivity contribution >= 4 is 68.9 Å². The van der Waals surface area contributed by atoms with E-state index in [1.54, 1.807) is 23.6 Å². The van der Waals surface area contributed by atoms with E-state index >= 15 is 0 Å². The van der Waals surface area contributed by atoms with Gasteiger partial charge in [0, 0.05) is 12.3 Å². The van der Waals surface area contributed by atoms with E-state index < -0.39 is 5.91 Å². The van der Waals surface area contributed by atoms with Crippen LogP contribution in [0.2, 0.25) is 10.0 Å². The van der Waals surface area contributed by atoms with Crippen molar-refractivity contribution in [3.05, 3.63) is 74.2 Å². The summed E-state index contributed by atoms with van der Waals surface area (Å²) in [4.78, 5) is 30.9. The van der Waals surface area contributed by atoms with Gasteiger partial charge in [-0.2, -0.15) is 5.26 Å². The summed E-state index contributed by atoms with van der Waals surface area (Å²) in [7, 11) is 0. The van der Waals surface area contributed by atoms with Gasteiger partial charge < -0.3 is 5.32 Å². The van der Waals surface area contributed by atoms with Crippen LogP contribution in [0, 0.1) is 25.2 Å². The molecule has 3 rings (SSSR count). The molecule has 0 bridgehead atoms. The second kappa shape index (κ2) is 9.96. The summed E-state index contributed by atoms with van der Waals surface area (Å²) in [6.07, 6.45) is 1.35. The molecule has 32 heavy (non-hydrogen) atoms. The average Bonchev–Trinajstić information content (AvgIpc) is 3.19. The van der Waals surface area contributed by atoms with Crippen LogP contribution in [0.5, 0.6) is 0 Å². The number of carbonyl (C=O) groups is 2. The predicted octanol–water partition coefficient (Wildman–Crippen LogP) is 6.30. The van der Waals surface area contributed by atoms with Crippen LogP contribution in [0.3, 0.4) is 0 Å². The lowest BCUT2D eigenvalue weighted by Gasteiger charge is -2.19. The van der Waals surface area contributed by atoms with Crippen molar-refractivity contribution in [3.8, 4) is 6.07 Å². The number of halogens is 2. The largest absolute Gasteiger partial charge is 0.319 e. The number of amides is 2. The van der Waals surface area contributed by atoms with Gasteiger partial charge in [-0.15, -0.1) is 11.3 Å². The van der Waals surface area contributed by atoms with Crippen LogP contribution in [0.15, 0.2) is 47.4 Å². The zero-order valence-corrected chi connectivity index (χ0v) is 19.8. The van der Waals surface area contributed by atoms with Gasteiger partial charge in [0.25, 0.3) is 5.91 Å². The molecule has 0 radical (unpaired) electrons. The number of nitrogens with zero attached hydrogens (tertiary/aromatic N) is 3. The van der Waals surface area contributed by atoms with Gasteiger partial charge in [0.15, 0.2) is 5.13 Å². The van der Waals surface area contributed by atoms with E-state index in [2.05, 4.69) is 10.3 Å². The Balaban J connectivity index is 1.89. The van der Waals surface area contributed by atoms with Crippen molar-refractivity contribution in [2.45, 2.75) is 20.8 Å². The Hall–Kier alpha value is -3.18. The molecular weight excluding hydrogens is 467 g/mol. The number of para-hydroxylation sites is 1. The predicted molar refractivity (Wildman–Crippen MR) is 130 cm³/mol. The minimum atomic E-state index is -0.672. The first-order chi connectivity index (χ1) is 15.2. The molecule has 2 aromatic carbocycles. The fraction of sp³-hybridized carbons (Fsp3) is 0.130. The van der Waals surface area contributed by atoms with Gasteiger partial charge in [0.05, 0.1) is 27.1 Å². The number of aryl methyl sites for hydroxylation is 2. The van der Waals surface area contributed by atoms with Gasteiger partial charge in [-0.05, 0) is 55.3 Å². The van der Waals surface area contributed by atoms with Gasteiger partial charge in [0.2, 0.25) is 5.91 Å². The Kier molecular flexibility index (Phi) is 7.31. The molecule has 0 unspecified atom stereocenters. The summed E-state index contributed by atoms with van der Waals surface area (Å²) in [5, 5.41) is 14.6. The number of thiazole rings is 1. The van der Waals surface area contributed by atoms with Crippen molar-refractivity contribution in [2.24, 2.45) is 0 Å². The number of benzene rings is 2. The molecule has 0 spiro atoms. The minimum absolute atomic E-state index is 0.182. The summed E-state index contributed by atoms with van der Waals surface area (Å²) in [6, 6.07) is 12.4. The molecule has 0 aliphatic heterocycles. The van der Waals surface area contributed by atoms with Gasteiger partial charge in [-0.1, -0.05) is 35.3 Å². The molecule has 3 aromatic rings. The molecule has 0 saturated heterocycles. The van der Waals surface area contributed by atoms with E-state index in [0.717, 1.165) is 11.1 Å². The highest BCUT2D eigenvalue weighted by molar-refractivity contribution is 7.14. The molecule has 1 heterocycles. The number of rotatable bonds is 5. The topological polar surface area (TPSA) is 86.1 Å². The third kappa shape index (κ3) is 5.17. The Bertz CT molecular complexity index is 1260. The first-order valence-electron chi connectivity index (χ1n) is 9.42. The standard InChI is InChI=1S/C23H18Cl2N4O2S/c1-13-7-8-18(9-14(13)2)29(15(3)30)23-27-17(12-32-23)10-16(11-26)22(31)28-21-19(24)5-4-6-20(21)25/h4-10,12H,1-3H3,(H,28,31)/b16-10+. The second-order valence-corrected chi connectivity index (χ2v) is 8.55. The molecule has 0 saturated carbocycles. The van der Waals surface area contributed by atoms with E-state index in [9.17, 15) is 14.9 Å². The number of hydrogen-bond donors (Lipinski definition) is 1.